The Morgan fingerprint density at radius 2 is 2.20 bits per heavy atom. The number of nitrogens with one attached hydrogen (secondary N) is 2. The number of hydrogen-bond acceptors (Lipinski definition) is 4. The van der Waals surface area contributed by atoms with Gasteiger partial charge in [0.05, 0.1) is 12.4 Å². The lowest BCUT2D eigenvalue weighted by molar-refractivity contribution is 0.0904. The van der Waals surface area contributed by atoms with E-state index in [1.807, 2.05) is 0 Å². The molecule has 5 heteroatoms. The molecule has 0 aliphatic heterocycles. The summed E-state index contributed by atoms with van der Waals surface area (Å²) >= 11 is 0. The molecule has 1 unspecified atom stereocenters. The van der Waals surface area contributed by atoms with Gasteiger partial charge in [-0.3, -0.25) is 4.79 Å². The lowest BCUT2D eigenvalue weighted by atomic mass is 9.87. The average Bonchev–Trinajstić information content (AvgIpc) is 2.76. The molecule has 1 heterocycles. The fourth-order valence-corrected chi connectivity index (χ4v) is 2.62. The van der Waals surface area contributed by atoms with Gasteiger partial charge in [-0.1, -0.05) is 27.2 Å². The van der Waals surface area contributed by atoms with Crippen molar-refractivity contribution in [1.29, 1.82) is 0 Å². The van der Waals surface area contributed by atoms with Gasteiger partial charge in [-0.15, -0.1) is 0 Å². The van der Waals surface area contributed by atoms with Crippen molar-refractivity contribution in [2.45, 2.75) is 52.5 Å². The molecule has 1 fully saturated rings. The first-order valence-corrected chi connectivity index (χ1v) is 7.39. The maximum Gasteiger partial charge on any atom is 0.271 e. The fourth-order valence-electron chi connectivity index (χ4n) is 2.62. The van der Waals surface area contributed by atoms with E-state index >= 15 is 0 Å². The highest BCUT2D eigenvalue weighted by molar-refractivity contribution is 5.92. The van der Waals surface area contributed by atoms with Crippen LogP contribution in [0, 0.1) is 5.41 Å². The maximum atomic E-state index is 12.2. The Bertz CT molecular complexity index is 455. The Labute approximate surface area is 120 Å². The molecule has 20 heavy (non-hydrogen) atoms. The topological polar surface area (TPSA) is 66.9 Å². The molecule has 110 valence electrons. The Morgan fingerprint density at radius 3 is 2.75 bits per heavy atom. The minimum absolute atomic E-state index is 0.125. The standard InChI is InChI=1S/C15H24N4O/c1-4-8-16-13-10-17-11(9-18-13)14(20)19-12-6-5-7-15(12,2)3/h9-10,12H,4-8H2,1-3H3,(H,16,18)(H,19,20). The largest absolute Gasteiger partial charge is 0.369 e. The van der Waals surface area contributed by atoms with Crippen LogP contribution in [-0.4, -0.2) is 28.5 Å². The van der Waals surface area contributed by atoms with Gasteiger partial charge in [-0.25, -0.2) is 9.97 Å². The van der Waals surface area contributed by atoms with Crippen LogP contribution in [0.15, 0.2) is 12.4 Å². The Hall–Kier alpha value is -1.65. The molecule has 1 aliphatic rings. The molecule has 1 aromatic rings. The van der Waals surface area contributed by atoms with Crippen LogP contribution in [0.2, 0.25) is 0 Å². The number of nitrogens with zero attached hydrogens (tertiary/aromatic N) is 2. The summed E-state index contributed by atoms with van der Waals surface area (Å²) in [4.78, 5) is 20.6. The van der Waals surface area contributed by atoms with Crippen molar-refractivity contribution in [3.63, 3.8) is 0 Å². The number of carbonyl (C=O) groups excluding carboxylic acids is 1. The molecule has 0 saturated heterocycles. The van der Waals surface area contributed by atoms with Crippen molar-refractivity contribution in [1.82, 2.24) is 15.3 Å². The second-order valence-electron chi connectivity index (χ2n) is 6.12. The molecule has 0 aromatic carbocycles. The number of carbonyl (C=O) groups is 1. The first-order chi connectivity index (χ1) is 9.53. The molecule has 1 atom stereocenters. The van der Waals surface area contributed by atoms with Gasteiger partial charge in [0.1, 0.15) is 11.5 Å². The number of hydrogen-bond donors (Lipinski definition) is 2. The molecule has 0 radical (unpaired) electrons. The van der Waals surface area contributed by atoms with E-state index in [9.17, 15) is 4.79 Å². The lowest BCUT2D eigenvalue weighted by Crippen LogP contribution is -2.41. The van der Waals surface area contributed by atoms with Gasteiger partial charge in [0, 0.05) is 12.6 Å². The maximum absolute atomic E-state index is 12.2. The van der Waals surface area contributed by atoms with Crippen molar-refractivity contribution >= 4 is 11.7 Å². The van der Waals surface area contributed by atoms with E-state index in [4.69, 9.17) is 0 Å². The molecular weight excluding hydrogens is 252 g/mol. The van der Waals surface area contributed by atoms with Crippen molar-refractivity contribution in [2.24, 2.45) is 5.41 Å². The Balaban J connectivity index is 1.95. The van der Waals surface area contributed by atoms with Crippen molar-refractivity contribution in [2.75, 3.05) is 11.9 Å². The third-order valence-corrected chi connectivity index (χ3v) is 4.00. The lowest BCUT2D eigenvalue weighted by Gasteiger charge is -2.27. The summed E-state index contributed by atoms with van der Waals surface area (Å²) in [6.45, 7) is 7.35. The molecule has 2 N–H and O–H groups in total. The van der Waals surface area contributed by atoms with Gasteiger partial charge in [0.25, 0.3) is 5.91 Å². The number of anilines is 1. The van der Waals surface area contributed by atoms with E-state index < -0.39 is 0 Å². The van der Waals surface area contributed by atoms with Crippen LogP contribution >= 0.6 is 0 Å². The summed E-state index contributed by atoms with van der Waals surface area (Å²) in [7, 11) is 0. The molecule has 1 aromatic heterocycles. The van der Waals surface area contributed by atoms with Crippen LogP contribution in [0.3, 0.4) is 0 Å². The summed E-state index contributed by atoms with van der Waals surface area (Å²) in [5.74, 6) is 0.587. The highest BCUT2D eigenvalue weighted by atomic mass is 16.2. The minimum atomic E-state index is -0.125. The molecular formula is C15H24N4O. The molecule has 1 amide bonds. The number of rotatable bonds is 5. The predicted octanol–water partition coefficient (Wildman–Crippen LogP) is 2.61. The zero-order valence-corrected chi connectivity index (χ0v) is 12.6. The monoisotopic (exact) mass is 276 g/mol. The van der Waals surface area contributed by atoms with E-state index in [1.54, 1.807) is 6.20 Å². The van der Waals surface area contributed by atoms with Crippen molar-refractivity contribution < 1.29 is 4.79 Å². The van der Waals surface area contributed by atoms with Crippen LogP contribution in [0.1, 0.15) is 56.9 Å². The van der Waals surface area contributed by atoms with Crippen LogP contribution in [0.25, 0.3) is 0 Å². The third kappa shape index (κ3) is 3.46. The molecule has 1 saturated carbocycles. The average molecular weight is 276 g/mol. The van der Waals surface area contributed by atoms with Crippen LogP contribution in [-0.2, 0) is 0 Å². The normalized spacial score (nSPS) is 20.6. The van der Waals surface area contributed by atoms with Crippen LogP contribution < -0.4 is 10.6 Å². The minimum Gasteiger partial charge on any atom is -0.369 e. The number of aromatic nitrogens is 2. The Kier molecular flexibility index (Phi) is 4.57. The van der Waals surface area contributed by atoms with E-state index in [2.05, 4.69) is 41.4 Å². The molecule has 0 bridgehead atoms. The van der Waals surface area contributed by atoms with E-state index in [-0.39, 0.29) is 17.4 Å². The summed E-state index contributed by atoms with van der Waals surface area (Å²) in [5.41, 5.74) is 0.556. The third-order valence-electron chi connectivity index (χ3n) is 4.00. The second kappa shape index (κ2) is 6.20. The molecule has 0 spiro atoms. The Morgan fingerprint density at radius 1 is 1.40 bits per heavy atom. The van der Waals surface area contributed by atoms with Gasteiger partial charge in [-0.2, -0.15) is 0 Å². The summed E-state index contributed by atoms with van der Waals surface area (Å²) in [5, 5.41) is 6.23. The van der Waals surface area contributed by atoms with E-state index in [1.165, 1.54) is 12.6 Å². The summed E-state index contributed by atoms with van der Waals surface area (Å²) < 4.78 is 0. The highest BCUT2D eigenvalue weighted by Gasteiger charge is 2.35. The van der Waals surface area contributed by atoms with Gasteiger partial charge in [0.2, 0.25) is 0 Å². The van der Waals surface area contributed by atoms with Crippen LogP contribution in [0.4, 0.5) is 5.82 Å². The smallest absolute Gasteiger partial charge is 0.271 e. The first-order valence-electron chi connectivity index (χ1n) is 7.39. The van der Waals surface area contributed by atoms with E-state index in [0.717, 1.165) is 25.8 Å². The second-order valence-corrected chi connectivity index (χ2v) is 6.12. The van der Waals surface area contributed by atoms with Crippen LogP contribution in [0.5, 0.6) is 0 Å². The van der Waals surface area contributed by atoms with Gasteiger partial charge in [-0.05, 0) is 24.7 Å². The zero-order valence-electron chi connectivity index (χ0n) is 12.6. The molecule has 2 rings (SSSR count). The van der Waals surface area contributed by atoms with Gasteiger partial charge < -0.3 is 10.6 Å². The summed E-state index contributed by atoms with van der Waals surface area (Å²) in [6, 6.07) is 0.231. The number of amides is 1. The summed E-state index contributed by atoms with van der Waals surface area (Å²) in [6.07, 6.45) is 7.55. The zero-order chi connectivity index (χ0) is 14.6. The first kappa shape index (κ1) is 14.8. The fraction of sp³-hybridized carbons (Fsp3) is 0.667. The SMILES string of the molecule is CCCNc1cnc(C(=O)NC2CCCC2(C)C)cn1. The van der Waals surface area contributed by atoms with Crippen molar-refractivity contribution in [3.8, 4) is 0 Å². The highest BCUT2D eigenvalue weighted by Crippen LogP contribution is 2.37. The molecule has 1 aliphatic carbocycles. The van der Waals surface area contributed by atoms with Gasteiger partial charge >= 0.3 is 0 Å². The molecule has 5 nitrogen and oxygen atoms in total. The predicted molar refractivity (Wildman–Crippen MR) is 79.7 cm³/mol. The quantitative estimate of drug-likeness (QED) is 0.867. The van der Waals surface area contributed by atoms with Crippen molar-refractivity contribution in [3.05, 3.63) is 18.1 Å². The van der Waals surface area contributed by atoms with Gasteiger partial charge in [0.15, 0.2) is 0 Å². The van der Waals surface area contributed by atoms with E-state index in [0.29, 0.717) is 11.5 Å².